The van der Waals surface area contributed by atoms with Gasteiger partial charge in [0, 0.05) is 11.9 Å². The number of esters is 1. The highest BCUT2D eigenvalue weighted by Crippen LogP contribution is 2.39. The van der Waals surface area contributed by atoms with Crippen molar-refractivity contribution in [2.24, 2.45) is 7.05 Å². The van der Waals surface area contributed by atoms with E-state index in [-0.39, 0.29) is 24.2 Å². The fraction of sp³-hybridized carbons (Fsp3) is 0.391. The van der Waals surface area contributed by atoms with Crippen molar-refractivity contribution in [1.82, 2.24) is 14.8 Å². The van der Waals surface area contributed by atoms with Crippen LogP contribution < -0.4 is 10.1 Å². The zero-order chi connectivity index (χ0) is 24.2. The first-order chi connectivity index (χ1) is 16.4. The molecule has 0 atom stereocenters. The van der Waals surface area contributed by atoms with Gasteiger partial charge in [0.25, 0.3) is 0 Å². The SMILES string of the molecule is CCOC(=O)c1c(NC(=O)CSc2nnc(COc3cc(C)ccc3Cl)n2C)sc2c1CCC2. The Balaban J connectivity index is 1.37. The summed E-state index contributed by atoms with van der Waals surface area (Å²) in [4.78, 5) is 26.3. The van der Waals surface area contributed by atoms with Crippen LogP contribution in [0.4, 0.5) is 5.00 Å². The van der Waals surface area contributed by atoms with Gasteiger partial charge in [-0.25, -0.2) is 4.79 Å². The molecule has 0 radical (unpaired) electrons. The lowest BCUT2D eigenvalue weighted by molar-refractivity contribution is -0.113. The molecule has 0 saturated heterocycles. The van der Waals surface area contributed by atoms with Gasteiger partial charge >= 0.3 is 5.97 Å². The molecule has 0 spiro atoms. The largest absolute Gasteiger partial charge is 0.484 e. The Kier molecular flexibility index (Phi) is 7.80. The predicted molar refractivity (Wildman–Crippen MR) is 133 cm³/mol. The Morgan fingerprint density at radius 3 is 2.91 bits per heavy atom. The van der Waals surface area contributed by atoms with Crippen LogP contribution in [-0.4, -0.2) is 39.0 Å². The van der Waals surface area contributed by atoms with Gasteiger partial charge in [0.1, 0.15) is 17.4 Å². The molecule has 1 aliphatic carbocycles. The normalized spacial score (nSPS) is 12.5. The second kappa shape index (κ2) is 10.8. The summed E-state index contributed by atoms with van der Waals surface area (Å²) in [5.41, 5.74) is 2.56. The first kappa shape index (κ1) is 24.6. The number of rotatable bonds is 9. The second-order valence-electron chi connectivity index (χ2n) is 7.80. The summed E-state index contributed by atoms with van der Waals surface area (Å²) in [5.74, 6) is 0.721. The van der Waals surface area contributed by atoms with Crippen molar-refractivity contribution in [3.63, 3.8) is 0 Å². The molecule has 2 heterocycles. The molecule has 0 saturated carbocycles. The van der Waals surface area contributed by atoms with Crippen molar-refractivity contribution >= 4 is 51.6 Å². The number of nitrogens with one attached hydrogen (secondary N) is 1. The van der Waals surface area contributed by atoms with Crippen molar-refractivity contribution < 1.29 is 19.1 Å². The molecule has 0 bridgehead atoms. The number of amides is 1. The molecular formula is C23H25ClN4O4S2. The number of nitrogens with zero attached hydrogens (tertiary/aromatic N) is 3. The summed E-state index contributed by atoms with van der Waals surface area (Å²) in [6.45, 7) is 4.23. The number of hydrogen-bond donors (Lipinski definition) is 1. The Hall–Kier alpha value is -2.56. The summed E-state index contributed by atoms with van der Waals surface area (Å²) in [7, 11) is 1.82. The molecule has 1 aliphatic rings. The first-order valence-electron chi connectivity index (χ1n) is 10.9. The van der Waals surface area contributed by atoms with E-state index in [4.69, 9.17) is 21.1 Å². The van der Waals surface area contributed by atoms with Crippen molar-refractivity contribution in [3.8, 4) is 5.75 Å². The number of carbonyl (C=O) groups excluding carboxylic acids is 2. The van der Waals surface area contributed by atoms with E-state index in [0.717, 1.165) is 35.3 Å². The number of hydrogen-bond acceptors (Lipinski definition) is 8. The number of thiophene rings is 1. The van der Waals surface area contributed by atoms with E-state index >= 15 is 0 Å². The minimum atomic E-state index is -0.378. The number of halogens is 1. The lowest BCUT2D eigenvalue weighted by atomic mass is 10.1. The molecule has 0 aliphatic heterocycles. The maximum atomic E-state index is 12.7. The summed E-state index contributed by atoms with van der Waals surface area (Å²) in [6.07, 6.45) is 2.78. The lowest BCUT2D eigenvalue weighted by Crippen LogP contribution is -2.17. The van der Waals surface area contributed by atoms with Gasteiger partial charge in [0.05, 0.1) is 22.9 Å². The van der Waals surface area contributed by atoms with Gasteiger partial charge in [-0.15, -0.1) is 21.5 Å². The number of fused-ring (bicyclic) bond motifs is 1. The third-order valence-corrected chi connectivity index (χ3v) is 7.89. The van der Waals surface area contributed by atoms with Gasteiger partial charge in [-0.3, -0.25) is 4.79 Å². The topological polar surface area (TPSA) is 95.3 Å². The summed E-state index contributed by atoms with van der Waals surface area (Å²) >= 11 is 8.91. The maximum absolute atomic E-state index is 12.7. The Morgan fingerprint density at radius 1 is 1.29 bits per heavy atom. The van der Waals surface area contributed by atoms with E-state index < -0.39 is 0 Å². The van der Waals surface area contributed by atoms with Gasteiger partial charge in [-0.2, -0.15) is 0 Å². The van der Waals surface area contributed by atoms with Crippen LogP contribution in [0.3, 0.4) is 0 Å². The molecule has 0 fully saturated rings. The fourth-order valence-corrected chi connectivity index (χ4v) is 5.86. The van der Waals surface area contributed by atoms with Gasteiger partial charge in [0.15, 0.2) is 11.0 Å². The summed E-state index contributed by atoms with van der Waals surface area (Å²) in [6, 6.07) is 5.57. The van der Waals surface area contributed by atoms with Crippen LogP contribution in [0.1, 0.15) is 45.5 Å². The number of aryl methyl sites for hydroxylation is 2. The van der Waals surface area contributed by atoms with E-state index in [1.165, 1.54) is 23.1 Å². The van der Waals surface area contributed by atoms with Crippen molar-refractivity contribution in [1.29, 1.82) is 0 Å². The number of aromatic nitrogens is 3. The van der Waals surface area contributed by atoms with E-state index in [1.807, 2.05) is 26.1 Å². The molecule has 1 amide bonds. The van der Waals surface area contributed by atoms with E-state index in [9.17, 15) is 9.59 Å². The summed E-state index contributed by atoms with van der Waals surface area (Å²) in [5, 5.41) is 12.9. The molecule has 34 heavy (non-hydrogen) atoms. The van der Waals surface area contributed by atoms with E-state index in [1.54, 1.807) is 17.6 Å². The highest BCUT2D eigenvalue weighted by atomic mass is 35.5. The number of carbonyl (C=O) groups is 2. The third-order valence-electron chi connectivity index (χ3n) is 5.35. The van der Waals surface area contributed by atoms with Crippen LogP contribution in [0.15, 0.2) is 23.4 Å². The van der Waals surface area contributed by atoms with Gasteiger partial charge in [-0.05, 0) is 56.4 Å². The Labute approximate surface area is 211 Å². The summed E-state index contributed by atoms with van der Waals surface area (Å²) < 4.78 is 12.8. The molecule has 180 valence electrons. The molecule has 1 N–H and O–H groups in total. The molecule has 8 nitrogen and oxygen atoms in total. The Bertz CT molecular complexity index is 1220. The number of thioether (sulfide) groups is 1. The Morgan fingerprint density at radius 2 is 2.12 bits per heavy atom. The zero-order valence-corrected chi connectivity index (χ0v) is 21.5. The highest BCUT2D eigenvalue weighted by molar-refractivity contribution is 7.99. The zero-order valence-electron chi connectivity index (χ0n) is 19.1. The molecular weight excluding hydrogens is 496 g/mol. The van der Waals surface area contributed by atoms with Crippen LogP contribution in [0, 0.1) is 6.92 Å². The van der Waals surface area contributed by atoms with E-state index in [2.05, 4.69) is 15.5 Å². The van der Waals surface area contributed by atoms with Gasteiger partial charge in [0.2, 0.25) is 5.91 Å². The lowest BCUT2D eigenvalue weighted by Gasteiger charge is -2.09. The molecule has 4 rings (SSSR count). The third kappa shape index (κ3) is 5.39. The minimum absolute atomic E-state index is 0.126. The molecule has 0 unspecified atom stereocenters. The number of anilines is 1. The van der Waals surface area contributed by atoms with Crippen molar-refractivity contribution in [2.45, 2.75) is 44.9 Å². The average Bonchev–Trinajstić information content (AvgIpc) is 3.48. The molecule has 1 aromatic carbocycles. The first-order valence-corrected chi connectivity index (χ1v) is 13.1. The van der Waals surface area contributed by atoms with Crippen LogP contribution in [0.2, 0.25) is 5.02 Å². The predicted octanol–water partition coefficient (Wildman–Crippen LogP) is 4.81. The maximum Gasteiger partial charge on any atom is 0.341 e. The van der Waals surface area contributed by atoms with Gasteiger partial charge in [-0.1, -0.05) is 29.4 Å². The van der Waals surface area contributed by atoms with Crippen molar-refractivity contribution in [3.05, 3.63) is 50.6 Å². The quantitative estimate of drug-likeness (QED) is 0.319. The standard InChI is InChI=1S/C23H25ClN4O4S2/c1-4-31-22(30)20-14-6-5-7-17(14)34-21(20)25-19(29)12-33-23-27-26-18(28(23)3)11-32-16-10-13(2)8-9-15(16)24/h8-10H,4-7,11-12H2,1-3H3,(H,25,29). The monoisotopic (exact) mass is 520 g/mol. The molecule has 2 aromatic heterocycles. The molecule has 11 heteroatoms. The van der Waals surface area contributed by atoms with E-state index in [0.29, 0.717) is 38.9 Å². The highest BCUT2D eigenvalue weighted by Gasteiger charge is 2.28. The number of benzene rings is 1. The smallest absolute Gasteiger partial charge is 0.341 e. The van der Waals surface area contributed by atoms with Crippen LogP contribution in [-0.2, 0) is 36.0 Å². The second-order valence-corrected chi connectivity index (χ2v) is 10.3. The fourth-order valence-electron chi connectivity index (χ4n) is 3.66. The van der Waals surface area contributed by atoms with Crippen molar-refractivity contribution in [2.75, 3.05) is 17.7 Å². The molecule has 3 aromatic rings. The number of ether oxygens (including phenoxy) is 2. The van der Waals surface area contributed by atoms with Crippen LogP contribution in [0.25, 0.3) is 0 Å². The average molecular weight is 521 g/mol. The van der Waals surface area contributed by atoms with Crippen LogP contribution in [0.5, 0.6) is 5.75 Å². The van der Waals surface area contributed by atoms with Gasteiger partial charge < -0.3 is 19.4 Å². The minimum Gasteiger partial charge on any atom is -0.484 e. The van der Waals surface area contributed by atoms with Crippen LogP contribution >= 0.6 is 34.7 Å².